The predicted molar refractivity (Wildman–Crippen MR) is 81.4 cm³/mol. The van der Waals surface area contributed by atoms with E-state index < -0.39 is 0 Å². The minimum absolute atomic E-state index is 0.166. The Labute approximate surface area is 127 Å². The van der Waals surface area contributed by atoms with Crippen LogP contribution in [0.15, 0.2) is 51.8 Å². The predicted octanol–water partition coefficient (Wildman–Crippen LogP) is 2.47. The van der Waals surface area contributed by atoms with Crippen LogP contribution in [0.2, 0.25) is 0 Å². The van der Waals surface area contributed by atoms with Crippen molar-refractivity contribution in [3.05, 3.63) is 64.5 Å². The number of aromatic nitrogens is 4. The van der Waals surface area contributed by atoms with Gasteiger partial charge in [-0.25, -0.2) is 4.68 Å². The smallest absolute Gasteiger partial charge is 0.267 e. The van der Waals surface area contributed by atoms with Gasteiger partial charge in [-0.2, -0.15) is 10.1 Å². The molecular weight excluding hydrogens is 280 g/mol. The second-order valence-corrected chi connectivity index (χ2v) is 5.28. The Hall–Kier alpha value is -2.76. The molecule has 0 N–H and O–H groups in total. The van der Waals surface area contributed by atoms with Gasteiger partial charge in [-0.3, -0.25) is 4.79 Å². The molecule has 22 heavy (non-hydrogen) atoms. The van der Waals surface area contributed by atoms with E-state index in [1.54, 1.807) is 6.07 Å². The van der Waals surface area contributed by atoms with Crippen molar-refractivity contribution in [2.75, 3.05) is 0 Å². The highest BCUT2D eigenvalue weighted by Crippen LogP contribution is 2.14. The lowest BCUT2D eigenvalue weighted by molar-refractivity contribution is 0.357. The molecule has 2 aromatic heterocycles. The highest BCUT2D eigenvalue weighted by Gasteiger charge is 2.11. The van der Waals surface area contributed by atoms with Crippen LogP contribution in [0, 0.1) is 0 Å². The third-order valence-corrected chi connectivity index (χ3v) is 3.22. The number of hydrogen-bond donors (Lipinski definition) is 0. The lowest BCUT2D eigenvalue weighted by Crippen LogP contribution is -2.23. The van der Waals surface area contributed by atoms with Crippen molar-refractivity contribution < 1.29 is 4.52 Å². The molecule has 112 valence electrons. The molecule has 0 saturated carbocycles. The van der Waals surface area contributed by atoms with E-state index in [-0.39, 0.29) is 18.0 Å². The fraction of sp³-hybridized carbons (Fsp3) is 0.250. The van der Waals surface area contributed by atoms with Crippen LogP contribution in [0.5, 0.6) is 0 Å². The van der Waals surface area contributed by atoms with Gasteiger partial charge in [0.2, 0.25) is 5.89 Å². The maximum atomic E-state index is 12.0. The van der Waals surface area contributed by atoms with Gasteiger partial charge in [0.1, 0.15) is 6.54 Å². The molecule has 0 saturated heterocycles. The summed E-state index contributed by atoms with van der Waals surface area (Å²) in [5.41, 5.74) is 1.47. The van der Waals surface area contributed by atoms with E-state index in [4.69, 9.17) is 4.52 Å². The maximum Gasteiger partial charge on any atom is 0.267 e. The van der Waals surface area contributed by atoms with Crippen LogP contribution < -0.4 is 5.56 Å². The molecule has 0 unspecified atom stereocenters. The zero-order chi connectivity index (χ0) is 15.5. The van der Waals surface area contributed by atoms with E-state index in [1.165, 1.54) is 10.7 Å². The Bertz CT molecular complexity index is 821. The van der Waals surface area contributed by atoms with Gasteiger partial charge in [-0.15, -0.1) is 0 Å². The Kier molecular flexibility index (Phi) is 3.82. The first-order valence-electron chi connectivity index (χ1n) is 7.09. The second kappa shape index (κ2) is 5.93. The van der Waals surface area contributed by atoms with Crippen molar-refractivity contribution in [2.45, 2.75) is 26.3 Å². The summed E-state index contributed by atoms with van der Waals surface area (Å²) >= 11 is 0. The van der Waals surface area contributed by atoms with Crippen molar-refractivity contribution in [1.82, 2.24) is 19.9 Å². The van der Waals surface area contributed by atoms with E-state index >= 15 is 0 Å². The summed E-state index contributed by atoms with van der Waals surface area (Å²) in [6, 6.07) is 12.9. The van der Waals surface area contributed by atoms with Gasteiger partial charge in [-0.05, 0) is 6.07 Å². The normalized spacial score (nSPS) is 11.0. The molecule has 0 bridgehead atoms. The molecule has 1 aromatic carbocycles. The molecule has 6 heteroatoms. The summed E-state index contributed by atoms with van der Waals surface area (Å²) in [6.07, 6.45) is 0. The summed E-state index contributed by atoms with van der Waals surface area (Å²) in [5.74, 6) is 1.18. The number of hydrogen-bond acceptors (Lipinski definition) is 5. The van der Waals surface area contributed by atoms with E-state index in [0.717, 1.165) is 11.3 Å². The number of benzene rings is 1. The summed E-state index contributed by atoms with van der Waals surface area (Å²) < 4.78 is 6.50. The number of nitrogens with zero attached hydrogens (tertiary/aromatic N) is 4. The Morgan fingerprint density at radius 3 is 2.59 bits per heavy atom. The van der Waals surface area contributed by atoms with Crippen molar-refractivity contribution in [2.24, 2.45) is 0 Å². The maximum absolute atomic E-state index is 12.0. The van der Waals surface area contributed by atoms with Gasteiger partial charge in [0.15, 0.2) is 5.82 Å². The van der Waals surface area contributed by atoms with Gasteiger partial charge < -0.3 is 4.52 Å². The van der Waals surface area contributed by atoms with E-state index in [2.05, 4.69) is 15.2 Å². The SMILES string of the molecule is CC(C)c1noc(Cn2nc(-c3ccccc3)ccc2=O)n1. The molecule has 0 amide bonds. The van der Waals surface area contributed by atoms with Crippen LogP contribution in [-0.2, 0) is 6.54 Å². The van der Waals surface area contributed by atoms with Gasteiger partial charge >= 0.3 is 0 Å². The second-order valence-electron chi connectivity index (χ2n) is 5.28. The summed E-state index contributed by atoms with van der Waals surface area (Å²) in [5, 5.41) is 8.26. The average Bonchev–Trinajstić information content (AvgIpc) is 2.99. The molecule has 0 atom stereocenters. The summed E-state index contributed by atoms with van der Waals surface area (Å²) in [6.45, 7) is 4.13. The first-order chi connectivity index (χ1) is 10.6. The van der Waals surface area contributed by atoms with Crippen LogP contribution in [-0.4, -0.2) is 19.9 Å². The van der Waals surface area contributed by atoms with E-state index in [1.807, 2.05) is 44.2 Å². The van der Waals surface area contributed by atoms with Crippen LogP contribution in [0.1, 0.15) is 31.5 Å². The van der Waals surface area contributed by atoms with E-state index in [9.17, 15) is 4.79 Å². The topological polar surface area (TPSA) is 73.8 Å². The lowest BCUT2D eigenvalue weighted by Gasteiger charge is -2.04. The minimum Gasteiger partial charge on any atom is -0.337 e. The third kappa shape index (κ3) is 2.95. The molecule has 6 nitrogen and oxygen atoms in total. The zero-order valence-electron chi connectivity index (χ0n) is 12.4. The van der Waals surface area contributed by atoms with Crippen molar-refractivity contribution >= 4 is 0 Å². The van der Waals surface area contributed by atoms with Crippen LogP contribution in [0.25, 0.3) is 11.3 Å². The van der Waals surface area contributed by atoms with Gasteiger partial charge in [0.25, 0.3) is 5.56 Å². The minimum atomic E-state index is -0.205. The van der Waals surface area contributed by atoms with Gasteiger partial charge in [-0.1, -0.05) is 49.3 Å². The Morgan fingerprint density at radius 1 is 1.14 bits per heavy atom. The molecule has 0 radical (unpaired) electrons. The highest BCUT2D eigenvalue weighted by atomic mass is 16.5. The monoisotopic (exact) mass is 296 g/mol. The Morgan fingerprint density at radius 2 is 1.91 bits per heavy atom. The quantitative estimate of drug-likeness (QED) is 0.739. The standard InChI is InChI=1S/C16H16N4O2/c1-11(2)16-17-14(22-19-16)10-20-15(21)9-8-13(18-20)12-6-4-3-5-7-12/h3-9,11H,10H2,1-2H3. The van der Waals surface area contributed by atoms with Crippen molar-refractivity contribution in [3.8, 4) is 11.3 Å². The van der Waals surface area contributed by atoms with Crippen LogP contribution in [0.4, 0.5) is 0 Å². The first kappa shape index (κ1) is 14.2. The molecule has 3 aromatic rings. The molecule has 0 aliphatic rings. The zero-order valence-corrected chi connectivity index (χ0v) is 12.4. The lowest BCUT2D eigenvalue weighted by atomic mass is 10.1. The van der Waals surface area contributed by atoms with Gasteiger partial charge in [0, 0.05) is 17.5 Å². The molecule has 0 aliphatic carbocycles. The summed E-state index contributed by atoms with van der Waals surface area (Å²) in [7, 11) is 0. The fourth-order valence-electron chi connectivity index (χ4n) is 2.02. The van der Waals surface area contributed by atoms with Crippen LogP contribution in [0.3, 0.4) is 0 Å². The fourth-order valence-corrected chi connectivity index (χ4v) is 2.02. The molecular formula is C16H16N4O2. The largest absolute Gasteiger partial charge is 0.337 e. The van der Waals surface area contributed by atoms with Crippen molar-refractivity contribution in [3.63, 3.8) is 0 Å². The summed E-state index contributed by atoms with van der Waals surface area (Å²) in [4.78, 5) is 16.2. The van der Waals surface area contributed by atoms with Gasteiger partial charge in [0.05, 0.1) is 5.69 Å². The van der Waals surface area contributed by atoms with Crippen molar-refractivity contribution in [1.29, 1.82) is 0 Å². The molecule has 3 rings (SSSR count). The first-order valence-corrected chi connectivity index (χ1v) is 7.09. The van der Waals surface area contributed by atoms with E-state index in [0.29, 0.717) is 11.7 Å². The highest BCUT2D eigenvalue weighted by molar-refractivity contribution is 5.57. The average molecular weight is 296 g/mol. The third-order valence-electron chi connectivity index (χ3n) is 3.22. The molecule has 2 heterocycles. The number of rotatable bonds is 4. The molecule has 0 spiro atoms. The van der Waals surface area contributed by atoms with Crippen LogP contribution >= 0.6 is 0 Å². The Balaban J connectivity index is 1.91. The molecule has 0 aliphatic heterocycles. The molecule has 0 fully saturated rings.